The van der Waals surface area contributed by atoms with E-state index in [1.54, 1.807) is 6.07 Å². The molecule has 6 heteroatoms. The van der Waals surface area contributed by atoms with Gasteiger partial charge >= 0.3 is 0 Å². The highest BCUT2D eigenvalue weighted by Crippen LogP contribution is 2.27. The predicted molar refractivity (Wildman–Crippen MR) is 80.9 cm³/mol. The number of carbonyl (C=O) groups excluding carboxylic acids is 1. The summed E-state index contributed by atoms with van der Waals surface area (Å²) in [6.07, 6.45) is 4.77. The summed E-state index contributed by atoms with van der Waals surface area (Å²) >= 11 is 1.42. The zero-order chi connectivity index (χ0) is 13.9. The van der Waals surface area contributed by atoms with Gasteiger partial charge in [0, 0.05) is 5.69 Å². The Labute approximate surface area is 121 Å². The molecule has 20 heavy (non-hydrogen) atoms. The molecule has 3 rings (SSSR count). The van der Waals surface area contributed by atoms with Crippen molar-refractivity contribution in [1.82, 2.24) is 4.98 Å². The Kier molecular flexibility index (Phi) is 3.84. The quantitative estimate of drug-likeness (QED) is 0.849. The van der Waals surface area contributed by atoms with E-state index in [4.69, 9.17) is 10.5 Å². The molecule has 0 bridgehead atoms. The van der Waals surface area contributed by atoms with Crippen LogP contribution in [0.5, 0.6) is 0 Å². The first-order valence-electron chi connectivity index (χ1n) is 6.78. The van der Waals surface area contributed by atoms with Crippen molar-refractivity contribution in [3.05, 3.63) is 18.2 Å². The number of hydrogen-bond acceptors (Lipinski definition) is 5. The number of fused-ring (bicyclic) bond motifs is 1. The molecule has 1 aromatic heterocycles. The summed E-state index contributed by atoms with van der Waals surface area (Å²) < 4.78 is 6.54. The van der Waals surface area contributed by atoms with Crippen LogP contribution in [0.4, 0.5) is 10.8 Å². The third kappa shape index (κ3) is 3.08. The molecule has 0 unspecified atom stereocenters. The molecule has 5 nitrogen and oxygen atoms in total. The molecule has 106 valence electrons. The van der Waals surface area contributed by atoms with Crippen LogP contribution >= 0.6 is 11.3 Å². The van der Waals surface area contributed by atoms with Gasteiger partial charge in [0.25, 0.3) is 5.91 Å². The Balaban J connectivity index is 1.59. The molecule has 1 aliphatic rings. The summed E-state index contributed by atoms with van der Waals surface area (Å²) in [5.41, 5.74) is 7.26. The number of nitrogens with two attached hydrogens (primary N) is 1. The number of hydrogen-bond donors (Lipinski definition) is 2. The summed E-state index contributed by atoms with van der Waals surface area (Å²) in [5, 5.41) is 3.37. The molecule has 1 aromatic carbocycles. The average molecular weight is 291 g/mol. The minimum Gasteiger partial charge on any atom is -0.399 e. The fourth-order valence-electron chi connectivity index (χ4n) is 2.40. The van der Waals surface area contributed by atoms with E-state index in [0.717, 1.165) is 23.1 Å². The number of benzene rings is 1. The first kappa shape index (κ1) is 13.3. The second-order valence-electron chi connectivity index (χ2n) is 5.01. The summed E-state index contributed by atoms with van der Waals surface area (Å²) in [5.74, 6) is -0.149. The summed E-state index contributed by atoms with van der Waals surface area (Å²) in [6, 6.07) is 5.51. The summed E-state index contributed by atoms with van der Waals surface area (Å²) in [6.45, 7) is 0.0999. The number of amides is 1. The van der Waals surface area contributed by atoms with Crippen molar-refractivity contribution in [3.63, 3.8) is 0 Å². The third-order valence-electron chi connectivity index (χ3n) is 3.41. The van der Waals surface area contributed by atoms with Crippen molar-refractivity contribution in [2.24, 2.45) is 0 Å². The van der Waals surface area contributed by atoms with E-state index < -0.39 is 0 Å². The van der Waals surface area contributed by atoms with Crippen LogP contribution in [0.15, 0.2) is 18.2 Å². The highest BCUT2D eigenvalue weighted by molar-refractivity contribution is 7.22. The number of aromatic nitrogens is 1. The minimum absolute atomic E-state index is 0.0999. The normalized spacial score (nSPS) is 15.8. The van der Waals surface area contributed by atoms with E-state index >= 15 is 0 Å². The maximum absolute atomic E-state index is 11.8. The van der Waals surface area contributed by atoms with Gasteiger partial charge in [-0.1, -0.05) is 24.2 Å². The fraction of sp³-hybridized carbons (Fsp3) is 0.429. The molecule has 1 aliphatic carbocycles. The van der Waals surface area contributed by atoms with Gasteiger partial charge < -0.3 is 10.5 Å². The van der Waals surface area contributed by atoms with Gasteiger partial charge in [0.05, 0.1) is 16.3 Å². The van der Waals surface area contributed by atoms with Crippen LogP contribution < -0.4 is 11.1 Å². The van der Waals surface area contributed by atoms with Crippen LogP contribution in [0, 0.1) is 0 Å². The monoisotopic (exact) mass is 291 g/mol. The Morgan fingerprint density at radius 3 is 3.05 bits per heavy atom. The van der Waals surface area contributed by atoms with E-state index in [-0.39, 0.29) is 18.6 Å². The number of nitrogens with zero attached hydrogens (tertiary/aromatic N) is 1. The Bertz CT molecular complexity index is 620. The summed E-state index contributed by atoms with van der Waals surface area (Å²) in [7, 11) is 0. The second kappa shape index (κ2) is 5.76. The number of ether oxygens (including phenoxy) is 1. The standard InChI is InChI=1S/C14H17N3O2S/c15-9-5-6-11-12(7-9)20-14(16-11)17-13(18)8-19-10-3-1-2-4-10/h5-7,10H,1-4,8,15H2,(H,16,17,18). The van der Waals surface area contributed by atoms with Crippen LogP contribution in [0.1, 0.15) is 25.7 Å². The van der Waals surface area contributed by atoms with E-state index in [2.05, 4.69) is 10.3 Å². The van der Waals surface area contributed by atoms with Gasteiger partial charge in [-0.15, -0.1) is 0 Å². The van der Waals surface area contributed by atoms with Crippen LogP contribution in [0.3, 0.4) is 0 Å². The predicted octanol–water partition coefficient (Wildman–Crippen LogP) is 2.78. The fourth-order valence-corrected chi connectivity index (χ4v) is 3.33. The number of nitrogens with one attached hydrogen (secondary N) is 1. The van der Waals surface area contributed by atoms with Gasteiger partial charge in [-0.05, 0) is 31.0 Å². The molecule has 1 amide bonds. The molecule has 1 heterocycles. The molecule has 1 saturated carbocycles. The Hall–Kier alpha value is -1.66. The molecule has 0 aliphatic heterocycles. The third-order valence-corrected chi connectivity index (χ3v) is 4.34. The van der Waals surface area contributed by atoms with Gasteiger partial charge in [0.1, 0.15) is 6.61 Å². The van der Waals surface area contributed by atoms with E-state index in [9.17, 15) is 4.79 Å². The molecule has 2 aromatic rings. The van der Waals surface area contributed by atoms with Crippen molar-refractivity contribution < 1.29 is 9.53 Å². The summed E-state index contributed by atoms with van der Waals surface area (Å²) in [4.78, 5) is 16.2. The van der Waals surface area contributed by atoms with Gasteiger partial charge in [0.2, 0.25) is 0 Å². The van der Waals surface area contributed by atoms with Gasteiger partial charge in [-0.25, -0.2) is 4.98 Å². The highest BCUT2D eigenvalue weighted by atomic mass is 32.1. The first-order valence-corrected chi connectivity index (χ1v) is 7.60. The maximum Gasteiger partial charge on any atom is 0.252 e. The lowest BCUT2D eigenvalue weighted by molar-refractivity contribution is -0.122. The van der Waals surface area contributed by atoms with Gasteiger partial charge in [0.15, 0.2) is 5.13 Å². The van der Waals surface area contributed by atoms with Crippen molar-refractivity contribution in [2.45, 2.75) is 31.8 Å². The van der Waals surface area contributed by atoms with Crippen LogP contribution in [-0.2, 0) is 9.53 Å². The lowest BCUT2D eigenvalue weighted by Gasteiger charge is -2.09. The number of anilines is 2. The van der Waals surface area contributed by atoms with E-state index in [0.29, 0.717) is 10.8 Å². The van der Waals surface area contributed by atoms with Crippen LogP contribution in [0.25, 0.3) is 10.2 Å². The van der Waals surface area contributed by atoms with Crippen LogP contribution in [-0.4, -0.2) is 23.6 Å². The van der Waals surface area contributed by atoms with Crippen LogP contribution in [0.2, 0.25) is 0 Å². The lowest BCUT2D eigenvalue weighted by Crippen LogP contribution is -2.21. The second-order valence-corrected chi connectivity index (χ2v) is 6.04. The van der Waals surface area contributed by atoms with Crippen molar-refractivity contribution in [2.75, 3.05) is 17.7 Å². The molecule has 3 N–H and O–H groups in total. The lowest BCUT2D eigenvalue weighted by atomic mass is 10.3. The molecular formula is C14H17N3O2S. The highest BCUT2D eigenvalue weighted by Gasteiger charge is 2.17. The molecule has 0 atom stereocenters. The molecule has 0 radical (unpaired) electrons. The average Bonchev–Trinajstić information content (AvgIpc) is 3.04. The number of thiazole rings is 1. The first-order chi connectivity index (χ1) is 9.70. The number of nitrogen functional groups attached to an aromatic ring is 1. The molecular weight excluding hydrogens is 274 g/mol. The van der Waals surface area contributed by atoms with Gasteiger partial charge in [-0.3, -0.25) is 10.1 Å². The zero-order valence-corrected chi connectivity index (χ0v) is 11.9. The largest absolute Gasteiger partial charge is 0.399 e. The SMILES string of the molecule is Nc1ccc2nc(NC(=O)COC3CCCC3)sc2c1. The van der Waals surface area contributed by atoms with E-state index in [1.807, 2.05) is 12.1 Å². The van der Waals surface area contributed by atoms with Gasteiger partial charge in [-0.2, -0.15) is 0 Å². The molecule has 0 saturated heterocycles. The smallest absolute Gasteiger partial charge is 0.252 e. The molecule has 1 fully saturated rings. The Morgan fingerprint density at radius 2 is 2.25 bits per heavy atom. The number of rotatable bonds is 4. The van der Waals surface area contributed by atoms with Crippen molar-refractivity contribution in [1.29, 1.82) is 0 Å². The molecule has 0 spiro atoms. The van der Waals surface area contributed by atoms with Crippen molar-refractivity contribution >= 4 is 38.3 Å². The zero-order valence-electron chi connectivity index (χ0n) is 11.1. The van der Waals surface area contributed by atoms with Crippen molar-refractivity contribution in [3.8, 4) is 0 Å². The maximum atomic E-state index is 11.8. The topological polar surface area (TPSA) is 77.2 Å². The number of carbonyl (C=O) groups is 1. The minimum atomic E-state index is -0.149. The Morgan fingerprint density at radius 1 is 1.45 bits per heavy atom. The van der Waals surface area contributed by atoms with E-state index in [1.165, 1.54) is 24.2 Å².